The maximum Gasteiger partial charge on any atom is 0.0479 e. The Morgan fingerprint density at radius 2 is 1.57 bits per heavy atom. The minimum Gasteiger partial charge on any atom is -0.772 e. The Labute approximate surface area is 128 Å². The monoisotopic (exact) mass is 302 g/mol. The summed E-state index contributed by atoms with van der Waals surface area (Å²) < 4.78 is 22.9. The molecule has 112 valence electrons. The van der Waals surface area contributed by atoms with Crippen molar-refractivity contribution >= 4 is 11.1 Å². The molecule has 21 heavy (non-hydrogen) atoms. The molecular formula is C17H20NO2S-. The highest BCUT2D eigenvalue weighted by Gasteiger charge is 2.16. The van der Waals surface area contributed by atoms with Crippen molar-refractivity contribution in [2.24, 2.45) is 5.73 Å². The molecule has 3 atom stereocenters. The predicted octanol–water partition coefficient (Wildman–Crippen LogP) is 2.96. The van der Waals surface area contributed by atoms with Gasteiger partial charge in [0.1, 0.15) is 0 Å². The number of nitrogens with two attached hydrogens (primary N) is 1. The summed E-state index contributed by atoms with van der Waals surface area (Å²) in [5.74, 6) is 0. The van der Waals surface area contributed by atoms with Crippen molar-refractivity contribution < 1.29 is 8.76 Å². The summed E-state index contributed by atoms with van der Waals surface area (Å²) in [6, 6.07) is 19.2. The lowest BCUT2D eigenvalue weighted by atomic mass is 9.99. The summed E-state index contributed by atoms with van der Waals surface area (Å²) in [6.07, 6.45) is 2.10. The van der Waals surface area contributed by atoms with E-state index in [0.717, 1.165) is 18.4 Å². The fraction of sp³-hybridized carbons (Fsp3) is 0.294. The number of rotatable bonds is 7. The molecule has 0 fully saturated rings. The molecule has 0 aliphatic rings. The number of hydrogen-bond donors (Lipinski definition) is 1. The molecule has 0 spiro atoms. The summed E-state index contributed by atoms with van der Waals surface area (Å²) in [5.41, 5.74) is 8.16. The van der Waals surface area contributed by atoms with Crippen LogP contribution in [-0.2, 0) is 17.5 Å². The van der Waals surface area contributed by atoms with Crippen LogP contribution in [-0.4, -0.2) is 14.8 Å². The smallest absolute Gasteiger partial charge is 0.0479 e. The molecule has 2 rings (SSSR count). The number of hydrogen-bond acceptors (Lipinski definition) is 3. The minimum absolute atomic E-state index is 0.131. The highest BCUT2D eigenvalue weighted by atomic mass is 32.2. The molecule has 0 bridgehead atoms. The first-order valence-corrected chi connectivity index (χ1v) is 8.23. The van der Waals surface area contributed by atoms with E-state index in [2.05, 4.69) is 12.1 Å². The van der Waals surface area contributed by atoms with E-state index >= 15 is 0 Å². The fourth-order valence-corrected chi connectivity index (χ4v) is 3.17. The van der Waals surface area contributed by atoms with Gasteiger partial charge in [0.25, 0.3) is 0 Å². The third-order valence-corrected chi connectivity index (χ3v) is 4.50. The summed E-state index contributed by atoms with van der Waals surface area (Å²) in [4.78, 5) is 0. The van der Waals surface area contributed by atoms with E-state index in [0.29, 0.717) is 6.42 Å². The quantitative estimate of drug-likeness (QED) is 0.800. The van der Waals surface area contributed by atoms with Gasteiger partial charge in [0.2, 0.25) is 0 Å². The van der Waals surface area contributed by atoms with Gasteiger partial charge in [-0.1, -0.05) is 60.7 Å². The van der Waals surface area contributed by atoms with Crippen LogP contribution in [0.25, 0.3) is 0 Å². The maximum absolute atomic E-state index is 11.5. The number of aryl methyl sites for hydroxylation is 1. The van der Waals surface area contributed by atoms with E-state index < -0.39 is 16.3 Å². The van der Waals surface area contributed by atoms with E-state index in [-0.39, 0.29) is 6.04 Å². The van der Waals surface area contributed by atoms with Crippen LogP contribution >= 0.6 is 0 Å². The van der Waals surface area contributed by atoms with Gasteiger partial charge in [-0.15, -0.1) is 0 Å². The molecular weight excluding hydrogens is 282 g/mol. The molecule has 2 aromatic carbocycles. The first kappa shape index (κ1) is 15.9. The molecule has 3 unspecified atom stereocenters. The second-order valence-electron chi connectivity index (χ2n) is 5.18. The van der Waals surface area contributed by atoms with Crippen LogP contribution in [0.5, 0.6) is 0 Å². The van der Waals surface area contributed by atoms with Gasteiger partial charge in [-0.2, -0.15) is 0 Å². The zero-order valence-electron chi connectivity index (χ0n) is 11.9. The molecule has 0 heterocycles. The molecule has 0 saturated heterocycles. The largest absolute Gasteiger partial charge is 0.772 e. The summed E-state index contributed by atoms with van der Waals surface area (Å²) in [6.45, 7) is 0. The van der Waals surface area contributed by atoms with Crippen molar-refractivity contribution in [2.75, 3.05) is 0 Å². The van der Waals surface area contributed by atoms with Gasteiger partial charge in [-0.05, 0) is 41.5 Å². The molecule has 0 aromatic heterocycles. The zero-order chi connectivity index (χ0) is 15.1. The SMILES string of the molecule is NC(CCc1ccccc1)CC(c1ccccc1)S(=O)[O-]. The summed E-state index contributed by atoms with van der Waals surface area (Å²) in [5, 5.41) is -0.531. The van der Waals surface area contributed by atoms with Crippen molar-refractivity contribution in [3.63, 3.8) is 0 Å². The van der Waals surface area contributed by atoms with Crippen LogP contribution < -0.4 is 5.73 Å². The van der Waals surface area contributed by atoms with Crippen molar-refractivity contribution in [3.05, 3.63) is 71.8 Å². The van der Waals surface area contributed by atoms with Crippen LogP contribution in [0.4, 0.5) is 0 Å². The Kier molecular flexibility index (Phi) is 6.11. The average molecular weight is 302 g/mol. The lowest BCUT2D eigenvalue weighted by Gasteiger charge is -2.23. The topological polar surface area (TPSA) is 66.2 Å². The Bertz CT molecular complexity index is 560. The predicted molar refractivity (Wildman–Crippen MR) is 85.5 cm³/mol. The first-order chi connectivity index (χ1) is 10.2. The summed E-state index contributed by atoms with van der Waals surface area (Å²) in [7, 11) is 0. The van der Waals surface area contributed by atoms with E-state index in [1.54, 1.807) is 0 Å². The van der Waals surface area contributed by atoms with Crippen molar-refractivity contribution in [1.29, 1.82) is 0 Å². The van der Waals surface area contributed by atoms with Crippen molar-refractivity contribution in [3.8, 4) is 0 Å². The Morgan fingerprint density at radius 1 is 1.00 bits per heavy atom. The van der Waals surface area contributed by atoms with E-state index in [4.69, 9.17) is 5.73 Å². The Hall–Kier alpha value is -1.49. The minimum atomic E-state index is -2.15. The van der Waals surface area contributed by atoms with Gasteiger partial charge >= 0.3 is 0 Å². The Balaban J connectivity index is 1.93. The standard InChI is InChI=1S/C17H21NO2S/c18-16(12-11-14-7-3-1-4-8-14)13-17(21(19)20)15-9-5-2-6-10-15/h1-10,16-17H,11-13,18H2,(H,19,20)/p-1. The van der Waals surface area contributed by atoms with Gasteiger partial charge in [-0.3, -0.25) is 4.21 Å². The van der Waals surface area contributed by atoms with E-state index in [1.807, 2.05) is 48.5 Å². The van der Waals surface area contributed by atoms with Crippen molar-refractivity contribution in [2.45, 2.75) is 30.6 Å². The second-order valence-corrected chi connectivity index (χ2v) is 6.27. The summed E-state index contributed by atoms with van der Waals surface area (Å²) >= 11 is -2.15. The fourth-order valence-electron chi connectivity index (χ4n) is 2.38. The molecule has 0 aliphatic carbocycles. The van der Waals surface area contributed by atoms with Crippen LogP contribution in [0.1, 0.15) is 29.2 Å². The third-order valence-electron chi connectivity index (χ3n) is 3.57. The van der Waals surface area contributed by atoms with Gasteiger partial charge in [0, 0.05) is 11.3 Å². The second kappa shape index (κ2) is 8.08. The van der Waals surface area contributed by atoms with Gasteiger partial charge in [0.15, 0.2) is 0 Å². The van der Waals surface area contributed by atoms with Gasteiger partial charge < -0.3 is 10.3 Å². The lowest BCUT2D eigenvalue weighted by Crippen LogP contribution is -2.25. The normalized spacial score (nSPS) is 15.3. The molecule has 3 nitrogen and oxygen atoms in total. The Morgan fingerprint density at radius 3 is 2.14 bits per heavy atom. The van der Waals surface area contributed by atoms with Gasteiger partial charge in [0.05, 0.1) is 0 Å². The van der Waals surface area contributed by atoms with E-state index in [9.17, 15) is 8.76 Å². The molecule has 0 saturated carbocycles. The van der Waals surface area contributed by atoms with E-state index in [1.165, 1.54) is 5.56 Å². The van der Waals surface area contributed by atoms with Gasteiger partial charge in [-0.25, -0.2) is 0 Å². The molecule has 4 heteroatoms. The first-order valence-electron chi connectivity index (χ1n) is 7.09. The molecule has 0 aliphatic heterocycles. The van der Waals surface area contributed by atoms with Crippen molar-refractivity contribution in [1.82, 2.24) is 0 Å². The lowest BCUT2D eigenvalue weighted by molar-refractivity contribution is 0.495. The highest BCUT2D eigenvalue weighted by molar-refractivity contribution is 7.79. The van der Waals surface area contributed by atoms with Crippen LogP contribution in [0, 0.1) is 0 Å². The van der Waals surface area contributed by atoms with Crippen LogP contribution in [0.2, 0.25) is 0 Å². The molecule has 0 amide bonds. The van der Waals surface area contributed by atoms with Crippen LogP contribution in [0.15, 0.2) is 60.7 Å². The third kappa shape index (κ3) is 5.08. The molecule has 2 N–H and O–H groups in total. The average Bonchev–Trinajstić information content (AvgIpc) is 2.52. The highest BCUT2D eigenvalue weighted by Crippen LogP contribution is 2.24. The van der Waals surface area contributed by atoms with Crippen LogP contribution in [0.3, 0.4) is 0 Å². The molecule has 2 aromatic rings. The zero-order valence-corrected chi connectivity index (χ0v) is 12.7. The maximum atomic E-state index is 11.5. The number of benzene rings is 2. The molecule has 0 radical (unpaired) electrons.